The van der Waals surface area contributed by atoms with Crippen molar-refractivity contribution in [1.82, 2.24) is 4.90 Å². The standard InChI is InChI=1S/C15H27NO2/c1-10(18-14(2,3)4)7-13(17)16-8-11-12(9-16)15(11,5)6/h10-12H,7-9H2,1-6H3/t10-,11?,12?/m1/s1. The van der Waals surface area contributed by atoms with Crippen molar-refractivity contribution in [2.45, 2.75) is 59.7 Å². The van der Waals surface area contributed by atoms with Crippen LogP contribution in [0.25, 0.3) is 0 Å². The Morgan fingerprint density at radius 3 is 2.28 bits per heavy atom. The van der Waals surface area contributed by atoms with Gasteiger partial charge in [0.25, 0.3) is 0 Å². The van der Waals surface area contributed by atoms with Crippen LogP contribution in [0.3, 0.4) is 0 Å². The van der Waals surface area contributed by atoms with E-state index in [1.807, 2.05) is 32.6 Å². The third kappa shape index (κ3) is 2.71. The van der Waals surface area contributed by atoms with Gasteiger partial charge in [-0.15, -0.1) is 0 Å². The molecule has 1 amide bonds. The zero-order chi connectivity index (χ0) is 13.7. The van der Waals surface area contributed by atoms with Crippen molar-refractivity contribution >= 4 is 5.91 Å². The van der Waals surface area contributed by atoms with Gasteiger partial charge in [-0.05, 0) is 44.9 Å². The van der Waals surface area contributed by atoms with Crippen molar-refractivity contribution in [3.8, 4) is 0 Å². The highest BCUT2D eigenvalue weighted by Gasteiger charge is 2.62. The Morgan fingerprint density at radius 1 is 1.33 bits per heavy atom. The van der Waals surface area contributed by atoms with E-state index < -0.39 is 0 Å². The van der Waals surface area contributed by atoms with Gasteiger partial charge in [0, 0.05) is 13.1 Å². The molecule has 0 N–H and O–H groups in total. The number of hydrogen-bond acceptors (Lipinski definition) is 2. The molecule has 0 bridgehead atoms. The predicted octanol–water partition coefficient (Wildman–Crippen LogP) is 2.69. The molecule has 1 saturated heterocycles. The first kappa shape index (κ1) is 13.9. The molecule has 2 aliphatic rings. The summed E-state index contributed by atoms with van der Waals surface area (Å²) in [5, 5.41) is 0. The number of carbonyl (C=O) groups excluding carboxylic acids is 1. The monoisotopic (exact) mass is 253 g/mol. The lowest BCUT2D eigenvalue weighted by Crippen LogP contribution is -2.36. The summed E-state index contributed by atoms with van der Waals surface area (Å²) in [5.41, 5.74) is 0.305. The van der Waals surface area contributed by atoms with Gasteiger partial charge >= 0.3 is 0 Å². The number of fused-ring (bicyclic) bond motifs is 1. The second-order valence-electron chi connectivity index (χ2n) is 7.58. The van der Waals surface area contributed by atoms with Crippen LogP contribution in [0.15, 0.2) is 0 Å². The summed E-state index contributed by atoms with van der Waals surface area (Å²) in [6.45, 7) is 14.6. The molecule has 1 aliphatic carbocycles. The maximum absolute atomic E-state index is 12.2. The molecule has 0 aromatic heterocycles. The fourth-order valence-electron chi connectivity index (χ4n) is 3.36. The summed E-state index contributed by atoms with van der Waals surface area (Å²) in [6, 6.07) is 0. The zero-order valence-corrected chi connectivity index (χ0v) is 12.6. The lowest BCUT2D eigenvalue weighted by Gasteiger charge is -2.27. The summed E-state index contributed by atoms with van der Waals surface area (Å²) in [4.78, 5) is 14.2. The molecule has 18 heavy (non-hydrogen) atoms. The van der Waals surface area contributed by atoms with Crippen molar-refractivity contribution in [3.05, 3.63) is 0 Å². The van der Waals surface area contributed by atoms with Crippen LogP contribution in [-0.2, 0) is 9.53 Å². The Bertz CT molecular complexity index is 329. The number of amides is 1. The maximum Gasteiger partial charge on any atom is 0.225 e. The summed E-state index contributed by atoms with van der Waals surface area (Å²) < 4.78 is 5.80. The summed E-state index contributed by atoms with van der Waals surface area (Å²) >= 11 is 0. The molecule has 1 saturated carbocycles. The van der Waals surface area contributed by atoms with Crippen molar-refractivity contribution in [2.75, 3.05) is 13.1 Å². The predicted molar refractivity (Wildman–Crippen MR) is 72.3 cm³/mol. The number of nitrogens with zero attached hydrogens (tertiary/aromatic N) is 1. The van der Waals surface area contributed by atoms with Crippen LogP contribution >= 0.6 is 0 Å². The number of ether oxygens (including phenoxy) is 1. The van der Waals surface area contributed by atoms with Gasteiger partial charge in [0.05, 0.1) is 18.1 Å². The summed E-state index contributed by atoms with van der Waals surface area (Å²) in [5.74, 6) is 1.73. The quantitative estimate of drug-likeness (QED) is 0.774. The van der Waals surface area contributed by atoms with Crippen molar-refractivity contribution in [3.63, 3.8) is 0 Å². The van der Waals surface area contributed by atoms with E-state index in [4.69, 9.17) is 4.74 Å². The van der Waals surface area contributed by atoms with Crippen molar-refractivity contribution in [1.29, 1.82) is 0 Å². The van der Waals surface area contributed by atoms with Gasteiger partial charge < -0.3 is 9.64 Å². The lowest BCUT2D eigenvalue weighted by atomic mass is 10.1. The number of rotatable bonds is 3. The number of hydrogen-bond donors (Lipinski definition) is 0. The molecule has 1 aliphatic heterocycles. The van der Waals surface area contributed by atoms with E-state index in [1.54, 1.807) is 0 Å². The molecule has 2 unspecified atom stereocenters. The molecule has 0 spiro atoms. The second-order valence-corrected chi connectivity index (χ2v) is 7.58. The Labute approximate surface area is 111 Å². The van der Waals surface area contributed by atoms with Crippen LogP contribution in [0.4, 0.5) is 0 Å². The Kier molecular flexibility index (Phi) is 3.25. The van der Waals surface area contributed by atoms with E-state index in [0.29, 0.717) is 11.8 Å². The van der Waals surface area contributed by atoms with E-state index in [1.165, 1.54) is 0 Å². The molecule has 0 aromatic carbocycles. The molecular formula is C15H27NO2. The first-order chi connectivity index (χ1) is 8.11. The highest BCUT2D eigenvalue weighted by molar-refractivity contribution is 5.77. The molecule has 3 nitrogen and oxygen atoms in total. The molecule has 1 heterocycles. The minimum Gasteiger partial charge on any atom is -0.372 e. The summed E-state index contributed by atoms with van der Waals surface area (Å²) in [6.07, 6.45) is 0.513. The fraction of sp³-hybridized carbons (Fsp3) is 0.933. The Balaban J connectivity index is 1.77. The first-order valence-electron chi connectivity index (χ1n) is 7.07. The van der Waals surface area contributed by atoms with Crippen LogP contribution in [0.5, 0.6) is 0 Å². The van der Waals surface area contributed by atoms with Gasteiger partial charge in [0.15, 0.2) is 0 Å². The SMILES string of the molecule is C[C@H](CC(=O)N1CC2C(C1)C2(C)C)OC(C)(C)C. The van der Waals surface area contributed by atoms with Gasteiger partial charge in [-0.2, -0.15) is 0 Å². The molecule has 2 fully saturated rings. The van der Waals surface area contributed by atoms with Crippen LogP contribution in [-0.4, -0.2) is 35.6 Å². The van der Waals surface area contributed by atoms with E-state index in [9.17, 15) is 4.79 Å². The molecular weight excluding hydrogens is 226 g/mol. The fourth-order valence-corrected chi connectivity index (χ4v) is 3.36. The third-order valence-corrected chi connectivity index (χ3v) is 4.49. The van der Waals surface area contributed by atoms with Crippen molar-refractivity contribution in [2.24, 2.45) is 17.3 Å². The number of carbonyl (C=O) groups is 1. The number of piperidine rings is 1. The second kappa shape index (κ2) is 4.22. The molecule has 3 atom stereocenters. The van der Waals surface area contributed by atoms with Crippen LogP contribution in [0.1, 0.15) is 48.0 Å². The normalized spacial score (nSPS) is 31.1. The third-order valence-electron chi connectivity index (χ3n) is 4.49. The molecule has 2 rings (SSSR count). The maximum atomic E-state index is 12.2. The highest BCUT2D eigenvalue weighted by Crippen LogP contribution is 2.61. The van der Waals surface area contributed by atoms with Crippen LogP contribution < -0.4 is 0 Å². The first-order valence-corrected chi connectivity index (χ1v) is 7.07. The van der Waals surface area contributed by atoms with Gasteiger partial charge in [0.1, 0.15) is 0 Å². The topological polar surface area (TPSA) is 29.5 Å². The average Bonchev–Trinajstić information content (AvgIpc) is 2.60. The van der Waals surface area contributed by atoms with Gasteiger partial charge in [-0.1, -0.05) is 13.8 Å². The molecule has 104 valence electrons. The van der Waals surface area contributed by atoms with E-state index >= 15 is 0 Å². The van der Waals surface area contributed by atoms with Gasteiger partial charge in [-0.25, -0.2) is 0 Å². The van der Waals surface area contributed by atoms with Crippen molar-refractivity contribution < 1.29 is 9.53 Å². The minimum absolute atomic E-state index is 0.00226. The number of likely N-dealkylation sites (tertiary alicyclic amines) is 1. The smallest absolute Gasteiger partial charge is 0.225 e. The average molecular weight is 253 g/mol. The lowest BCUT2D eigenvalue weighted by molar-refractivity contribution is -0.136. The molecule has 3 heteroatoms. The van der Waals surface area contributed by atoms with E-state index in [2.05, 4.69) is 13.8 Å². The Hall–Kier alpha value is -0.570. The largest absolute Gasteiger partial charge is 0.372 e. The summed E-state index contributed by atoms with van der Waals surface area (Å²) in [7, 11) is 0. The van der Waals surface area contributed by atoms with E-state index in [-0.39, 0.29) is 17.6 Å². The van der Waals surface area contributed by atoms with Gasteiger partial charge in [0.2, 0.25) is 5.91 Å². The molecule has 0 radical (unpaired) electrons. The minimum atomic E-state index is -0.172. The molecule has 0 aromatic rings. The highest BCUT2D eigenvalue weighted by atomic mass is 16.5. The van der Waals surface area contributed by atoms with Gasteiger partial charge in [-0.3, -0.25) is 4.79 Å². The van der Waals surface area contributed by atoms with Crippen LogP contribution in [0, 0.1) is 17.3 Å². The van der Waals surface area contributed by atoms with E-state index in [0.717, 1.165) is 24.9 Å². The Morgan fingerprint density at radius 2 is 1.83 bits per heavy atom. The zero-order valence-electron chi connectivity index (χ0n) is 12.6. The van der Waals surface area contributed by atoms with Crippen LogP contribution in [0.2, 0.25) is 0 Å².